The van der Waals surface area contributed by atoms with Gasteiger partial charge in [0, 0.05) is 29.2 Å². The van der Waals surface area contributed by atoms with Crippen molar-refractivity contribution in [2.45, 2.75) is 75.9 Å². The molecule has 1 aromatic rings. The molecule has 1 aromatic carbocycles. The molecule has 3 aliphatic rings. The van der Waals surface area contributed by atoms with Crippen LogP contribution in [0.4, 0.5) is 0 Å². The van der Waals surface area contributed by atoms with Gasteiger partial charge in [-0.25, -0.2) is 0 Å². The van der Waals surface area contributed by atoms with E-state index in [1.807, 2.05) is 33.1 Å². The molecular formula is C31H40N2O9S. The van der Waals surface area contributed by atoms with E-state index in [2.05, 4.69) is 0 Å². The van der Waals surface area contributed by atoms with Gasteiger partial charge in [-0.3, -0.25) is 24.1 Å². The van der Waals surface area contributed by atoms with Crippen LogP contribution in [0.1, 0.15) is 74.0 Å². The number of primary amides is 1. The van der Waals surface area contributed by atoms with Crippen molar-refractivity contribution in [3.63, 3.8) is 0 Å². The van der Waals surface area contributed by atoms with Crippen LogP contribution < -0.4 is 5.73 Å². The molecule has 43 heavy (non-hydrogen) atoms. The smallest absolute Gasteiger partial charge is 0.305 e. The van der Waals surface area contributed by atoms with Crippen molar-refractivity contribution in [2.75, 3.05) is 20.4 Å². The van der Waals surface area contributed by atoms with Gasteiger partial charge >= 0.3 is 5.97 Å². The number of esters is 1. The Balaban J connectivity index is 2.16. The van der Waals surface area contributed by atoms with Crippen molar-refractivity contribution >= 4 is 35.2 Å². The number of aliphatic hydroxyl groups excluding tert-OH is 2. The third-order valence-corrected chi connectivity index (χ3v) is 9.55. The van der Waals surface area contributed by atoms with Gasteiger partial charge in [0.15, 0.2) is 11.4 Å². The number of phenols is 1. The number of likely N-dealkylation sites (N-methyl/N-ethyl adjacent to an activating group) is 1. The Morgan fingerprint density at radius 3 is 2.26 bits per heavy atom. The number of thioether (sulfide) groups is 1. The largest absolute Gasteiger partial charge is 0.510 e. The summed E-state index contributed by atoms with van der Waals surface area (Å²) in [5, 5.41) is 46.7. The molecular weight excluding hydrogens is 576 g/mol. The molecule has 0 unspecified atom stereocenters. The fourth-order valence-corrected chi connectivity index (χ4v) is 7.62. The molecule has 4 rings (SSSR count). The van der Waals surface area contributed by atoms with E-state index in [-0.39, 0.29) is 17.7 Å². The molecule has 6 atom stereocenters. The maximum atomic E-state index is 14.5. The van der Waals surface area contributed by atoms with Gasteiger partial charge in [-0.1, -0.05) is 40.7 Å². The highest BCUT2D eigenvalue weighted by Crippen LogP contribution is 2.57. The number of aliphatic hydroxyl groups is 3. The summed E-state index contributed by atoms with van der Waals surface area (Å²) in [4.78, 5) is 55.0. The first-order valence-corrected chi connectivity index (χ1v) is 15.5. The van der Waals surface area contributed by atoms with Gasteiger partial charge in [0.2, 0.25) is 5.78 Å². The summed E-state index contributed by atoms with van der Waals surface area (Å²) in [5.41, 5.74) is 2.29. The lowest BCUT2D eigenvalue weighted by Crippen LogP contribution is -2.69. The predicted molar refractivity (Wildman–Crippen MR) is 160 cm³/mol. The van der Waals surface area contributed by atoms with E-state index in [1.165, 1.54) is 30.8 Å². The van der Waals surface area contributed by atoms with Crippen LogP contribution in [0.25, 0.3) is 0 Å². The van der Waals surface area contributed by atoms with E-state index in [4.69, 9.17) is 10.5 Å². The number of amides is 1. The average Bonchev–Trinajstić information content (AvgIpc) is 2.90. The van der Waals surface area contributed by atoms with Crippen LogP contribution in [0.15, 0.2) is 28.7 Å². The van der Waals surface area contributed by atoms with E-state index >= 15 is 0 Å². The summed E-state index contributed by atoms with van der Waals surface area (Å²) in [5.74, 6) is -9.15. The van der Waals surface area contributed by atoms with Gasteiger partial charge in [-0.2, -0.15) is 11.8 Å². The van der Waals surface area contributed by atoms with Gasteiger partial charge in [-0.05, 0) is 42.8 Å². The number of ether oxygens (including phenoxy) is 1. The minimum absolute atomic E-state index is 0.0645. The molecule has 6 N–H and O–H groups in total. The van der Waals surface area contributed by atoms with Gasteiger partial charge < -0.3 is 30.9 Å². The number of fused-ring (bicyclic) bond motifs is 3. The molecule has 11 nitrogen and oxygen atoms in total. The molecule has 0 radical (unpaired) electrons. The van der Waals surface area contributed by atoms with Crippen molar-refractivity contribution in [1.82, 2.24) is 4.90 Å². The quantitative estimate of drug-likeness (QED) is 0.234. The Morgan fingerprint density at radius 1 is 1.16 bits per heavy atom. The van der Waals surface area contributed by atoms with Crippen molar-refractivity contribution in [1.29, 1.82) is 0 Å². The molecule has 0 spiro atoms. The number of rotatable bonds is 6. The van der Waals surface area contributed by atoms with Crippen molar-refractivity contribution in [3.8, 4) is 5.75 Å². The lowest BCUT2D eigenvalue weighted by molar-refractivity contribution is -0.180. The molecule has 0 aliphatic heterocycles. The first-order valence-electron chi connectivity index (χ1n) is 14.1. The van der Waals surface area contributed by atoms with Gasteiger partial charge in [0.1, 0.15) is 28.9 Å². The van der Waals surface area contributed by atoms with Crippen LogP contribution in [0, 0.1) is 11.8 Å². The third-order valence-electron chi connectivity index (χ3n) is 8.95. The molecule has 1 amide bonds. The molecule has 0 bridgehead atoms. The maximum Gasteiger partial charge on any atom is 0.305 e. The van der Waals surface area contributed by atoms with E-state index in [9.17, 15) is 39.6 Å². The van der Waals surface area contributed by atoms with E-state index in [0.717, 1.165) is 5.56 Å². The van der Waals surface area contributed by atoms with Gasteiger partial charge in [0.25, 0.3) is 5.91 Å². The van der Waals surface area contributed by atoms with Crippen LogP contribution in [0.5, 0.6) is 5.75 Å². The zero-order chi connectivity index (χ0) is 32.5. The summed E-state index contributed by atoms with van der Waals surface area (Å²) in [6.07, 6.45) is 0.395. The number of carbonyl (C=O) groups excluding carboxylic acids is 4. The second-order valence-electron chi connectivity index (χ2n) is 12.8. The van der Waals surface area contributed by atoms with Crippen LogP contribution in [-0.2, 0) is 30.3 Å². The standard InChI is InChI=1S/C31H40N2O9S/c1-9-15(34)42-26-17-12(2)16-13(11-43-8)10-14(30(3,4)5)23(35)18(16)24(36)19(17)27(38)31(41)21(26)22(33(6)7)25(37)20(28(31)39)29(32)40/h10,12,17,21-22,26,35,37-38,41H,9,11H2,1-8H3,(H2,32,40)/t12-,17+,21+,22-,26-,31-/m0/s1. The monoisotopic (exact) mass is 616 g/mol. The molecule has 0 heterocycles. The van der Waals surface area contributed by atoms with Crippen molar-refractivity contribution < 1.29 is 44.3 Å². The van der Waals surface area contributed by atoms with Crippen LogP contribution in [0.3, 0.4) is 0 Å². The summed E-state index contributed by atoms with van der Waals surface area (Å²) in [6, 6.07) is 0.532. The summed E-state index contributed by atoms with van der Waals surface area (Å²) >= 11 is 1.51. The van der Waals surface area contributed by atoms with Gasteiger partial charge in [0.05, 0.1) is 17.5 Å². The summed E-state index contributed by atoms with van der Waals surface area (Å²) in [6.45, 7) is 8.97. The number of hydrogen-bond donors (Lipinski definition) is 5. The van der Waals surface area contributed by atoms with Crippen LogP contribution in [0.2, 0.25) is 0 Å². The molecule has 0 aromatic heterocycles. The Labute approximate surface area is 254 Å². The average molecular weight is 617 g/mol. The Kier molecular flexibility index (Phi) is 8.31. The number of aromatic hydroxyl groups is 1. The number of nitrogens with zero attached hydrogens (tertiary/aromatic N) is 1. The fourth-order valence-electron chi connectivity index (χ4n) is 7.07. The fraction of sp³-hybridized carbons (Fsp3) is 0.548. The summed E-state index contributed by atoms with van der Waals surface area (Å²) in [7, 11) is 3.02. The van der Waals surface area contributed by atoms with Crippen LogP contribution in [-0.4, -0.2) is 86.9 Å². The number of ketones is 2. The highest BCUT2D eigenvalue weighted by molar-refractivity contribution is 7.97. The summed E-state index contributed by atoms with van der Waals surface area (Å²) < 4.78 is 5.91. The zero-order valence-corrected chi connectivity index (χ0v) is 26.5. The second-order valence-corrected chi connectivity index (χ2v) is 13.6. The zero-order valence-electron chi connectivity index (χ0n) is 25.6. The number of phenolic OH excluding ortho intramolecular Hbond substituents is 1. The minimum Gasteiger partial charge on any atom is -0.510 e. The minimum atomic E-state index is -2.97. The van der Waals surface area contributed by atoms with E-state index in [0.29, 0.717) is 16.9 Å². The Morgan fingerprint density at radius 2 is 1.77 bits per heavy atom. The normalized spacial score (nSPS) is 28.9. The lowest BCUT2D eigenvalue weighted by Gasteiger charge is -2.54. The Hall–Kier alpha value is -3.35. The highest BCUT2D eigenvalue weighted by Gasteiger charge is 2.68. The molecule has 12 heteroatoms. The molecule has 0 saturated heterocycles. The van der Waals surface area contributed by atoms with Crippen molar-refractivity contribution in [3.05, 3.63) is 51.0 Å². The lowest BCUT2D eigenvalue weighted by atomic mass is 9.54. The topological polar surface area (TPSA) is 188 Å². The molecule has 3 aliphatic carbocycles. The van der Waals surface area contributed by atoms with Crippen molar-refractivity contribution in [2.24, 2.45) is 17.6 Å². The molecule has 234 valence electrons. The first kappa shape index (κ1) is 32.6. The molecule has 0 saturated carbocycles. The second kappa shape index (κ2) is 11.0. The molecule has 0 fully saturated rings. The number of Topliss-reactive ketones (excluding diaryl/α,β-unsaturated/α-hetero) is 2. The number of nitrogens with two attached hydrogens (primary N) is 1. The highest BCUT2D eigenvalue weighted by atomic mass is 32.2. The SMILES string of the molecule is CCC(=O)O[C@H]1[C@H]2C(=C(O)[C@]3(O)C(=O)C(C(N)=O)=C(O)[C@@H](N(C)C)[C@H]13)C(=O)c1c(O)c(C(C)(C)C)cc(CSC)c1[C@@H]2C. The first-order chi connectivity index (χ1) is 19.9. The number of carbonyl (C=O) groups is 4. The van der Waals surface area contributed by atoms with E-state index < -0.39 is 87.0 Å². The predicted octanol–water partition coefficient (Wildman–Crippen LogP) is 2.77. The number of benzene rings is 1. The van der Waals surface area contributed by atoms with Gasteiger partial charge in [-0.15, -0.1) is 0 Å². The maximum absolute atomic E-state index is 14.5. The van der Waals surface area contributed by atoms with E-state index in [1.54, 1.807) is 13.8 Å². The van der Waals surface area contributed by atoms with Crippen LogP contribution >= 0.6 is 11.8 Å². The number of hydrogen-bond acceptors (Lipinski definition) is 11. The Bertz CT molecular complexity index is 1490. The third kappa shape index (κ3) is 4.65.